The van der Waals surface area contributed by atoms with E-state index in [9.17, 15) is 35.1 Å². The van der Waals surface area contributed by atoms with Crippen LogP contribution in [0.25, 0.3) is 0 Å². The lowest BCUT2D eigenvalue weighted by atomic mass is 10.1. The van der Waals surface area contributed by atoms with Crippen LogP contribution in [0.15, 0.2) is 0 Å². The van der Waals surface area contributed by atoms with Crippen LogP contribution >= 0.6 is 0 Å². The average Bonchev–Trinajstić information content (AvgIpc) is 2.37. The van der Waals surface area contributed by atoms with Gasteiger partial charge < -0.3 is 4.74 Å². The Balaban J connectivity index is 2.99. The number of rotatable bonds is 5. The molecule has 0 aromatic heterocycles. The summed E-state index contributed by atoms with van der Waals surface area (Å²) in [5, 5.41) is 0. The van der Waals surface area contributed by atoms with Gasteiger partial charge in [-0.2, -0.15) is 26.3 Å². The molecule has 2 atom stereocenters. The molecule has 2 unspecified atom stereocenters. The molecule has 0 spiro atoms. The van der Waals surface area contributed by atoms with E-state index in [2.05, 4.69) is 4.74 Å². The zero-order valence-electron chi connectivity index (χ0n) is 9.84. The zero-order valence-corrected chi connectivity index (χ0v) is 9.84. The predicted molar refractivity (Wildman–Crippen MR) is 49.1 cm³/mol. The van der Waals surface area contributed by atoms with Crippen molar-refractivity contribution < 1.29 is 39.9 Å². The molecule has 1 aliphatic rings. The largest absolute Gasteiger partial charge is 0.381 e. The molecule has 0 heterocycles. The number of alkyl halides is 8. The quantitative estimate of drug-likeness (QED) is 0.548. The normalized spacial score (nSPS) is 35.5. The first-order valence-corrected chi connectivity index (χ1v) is 5.57. The van der Waals surface area contributed by atoms with Crippen molar-refractivity contribution in [1.82, 2.24) is 0 Å². The van der Waals surface area contributed by atoms with Gasteiger partial charge >= 0.3 is 23.6 Å². The van der Waals surface area contributed by atoms with Crippen molar-refractivity contribution >= 4 is 0 Å². The van der Waals surface area contributed by atoms with Crippen LogP contribution in [0, 0.1) is 0 Å². The SMILES string of the molecule is CCCCCOC1(F)C(F)C(F)(F)C(F)(F)C1(F)F. The van der Waals surface area contributed by atoms with Crippen molar-refractivity contribution in [3.05, 3.63) is 0 Å². The second-order valence-electron chi connectivity index (χ2n) is 4.33. The Labute approximate surface area is 103 Å². The summed E-state index contributed by atoms with van der Waals surface area (Å²) in [5.41, 5.74) is 0. The second kappa shape index (κ2) is 4.75. The van der Waals surface area contributed by atoms with Gasteiger partial charge in [-0.25, -0.2) is 8.78 Å². The Bertz CT molecular complexity index is 331. The highest BCUT2D eigenvalue weighted by molar-refractivity contribution is 5.19. The summed E-state index contributed by atoms with van der Waals surface area (Å²) in [4.78, 5) is 0. The maximum atomic E-state index is 13.6. The Morgan fingerprint density at radius 1 is 0.895 bits per heavy atom. The van der Waals surface area contributed by atoms with E-state index in [4.69, 9.17) is 0 Å². The number of halogens is 8. The van der Waals surface area contributed by atoms with Gasteiger partial charge in [-0.1, -0.05) is 19.8 Å². The molecule has 9 heteroatoms. The molecule has 1 nitrogen and oxygen atoms in total. The summed E-state index contributed by atoms with van der Waals surface area (Å²) in [6.07, 6.45) is -3.55. The summed E-state index contributed by atoms with van der Waals surface area (Å²) in [6, 6.07) is 0. The van der Waals surface area contributed by atoms with Gasteiger partial charge in [0.15, 0.2) is 0 Å². The van der Waals surface area contributed by atoms with E-state index in [-0.39, 0.29) is 6.42 Å². The van der Waals surface area contributed by atoms with Crippen LogP contribution < -0.4 is 0 Å². The fourth-order valence-corrected chi connectivity index (χ4v) is 1.71. The maximum absolute atomic E-state index is 13.6. The van der Waals surface area contributed by atoms with Crippen molar-refractivity contribution in [1.29, 1.82) is 0 Å². The fraction of sp³-hybridized carbons (Fsp3) is 1.00. The highest BCUT2D eigenvalue weighted by Crippen LogP contribution is 2.63. The van der Waals surface area contributed by atoms with E-state index in [1.165, 1.54) is 0 Å². The van der Waals surface area contributed by atoms with Crippen LogP contribution in [0.4, 0.5) is 35.1 Å². The van der Waals surface area contributed by atoms with Gasteiger partial charge in [-0.05, 0) is 6.42 Å². The van der Waals surface area contributed by atoms with Crippen LogP contribution in [-0.4, -0.2) is 36.4 Å². The zero-order chi connectivity index (χ0) is 15.1. The molecule has 1 fully saturated rings. The van der Waals surface area contributed by atoms with E-state index in [1.807, 2.05) is 0 Å². The predicted octanol–water partition coefficient (Wildman–Crippen LogP) is 4.12. The summed E-state index contributed by atoms with van der Waals surface area (Å²) >= 11 is 0. The van der Waals surface area contributed by atoms with Gasteiger partial charge in [0.05, 0.1) is 6.61 Å². The van der Waals surface area contributed by atoms with E-state index in [0.717, 1.165) is 0 Å². The first kappa shape index (κ1) is 16.5. The van der Waals surface area contributed by atoms with Gasteiger partial charge in [0.2, 0.25) is 6.17 Å². The van der Waals surface area contributed by atoms with E-state index in [1.54, 1.807) is 6.92 Å². The minimum atomic E-state index is -6.15. The van der Waals surface area contributed by atoms with Crippen molar-refractivity contribution in [2.75, 3.05) is 6.61 Å². The number of hydrogen-bond donors (Lipinski definition) is 0. The van der Waals surface area contributed by atoms with Gasteiger partial charge in [0.25, 0.3) is 0 Å². The van der Waals surface area contributed by atoms with Gasteiger partial charge in [-0.3, -0.25) is 0 Å². The molecule has 0 N–H and O–H groups in total. The van der Waals surface area contributed by atoms with Crippen molar-refractivity contribution in [2.24, 2.45) is 0 Å². The lowest BCUT2D eigenvalue weighted by molar-refractivity contribution is -0.330. The lowest BCUT2D eigenvalue weighted by Gasteiger charge is -2.28. The average molecular weight is 300 g/mol. The molecule has 0 aromatic carbocycles. The van der Waals surface area contributed by atoms with Gasteiger partial charge in [0, 0.05) is 0 Å². The van der Waals surface area contributed by atoms with Crippen molar-refractivity contribution in [3.63, 3.8) is 0 Å². The molecule has 0 bridgehead atoms. The molecule has 0 aliphatic heterocycles. The third kappa shape index (κ3) is 2.00. The molecule has 19 heavy (non-hydrogen) atoms. The minimum Gasteiger partial charge on any atom is -0.339 e. The third-order valence-corrected chi connectivity index (χ3v) is 2.95. The van der Waals surface area contributed by atoms with E-state index < -0.39 is 36.4 Å². The second-order valence-corrected chi connectivity index (χ2v) is 4.33. The van der Waals surface area contributed by atoms with Crippen LogP contribution in [0.1, 0.15) is 26.2 Å². The fourth-order valence-electron chi connectivity index (χ4n) is 1.71. The topological polar surface area (TPSA) is 9.23 Å². The highest BCUT2D eigenvalue weighted by Gasteiger charge is 2.94. The Morgan fingerprint density at radius 2 is 1.42 bits per heavy atom. The van der Waals surface area contributed by atoms with E-state index >= 15 is 0 Å². The molecule has 0 amide bonds. The summed E-state index contributed by atoms with van der Waals surface area (Å²) in [5.74, 6) is -23.0. The summed E-state index contributed by atoms with van der Waals surface area (Å²) < 4.78 is 108. The molecule has 1 rings (SSSR count). The number of ether oxygens (including phenoxy) is 1. The molecule has 0 saturated heterocycles. The van der Waals surface area contributed by atoms with Gasteiger partial charge in [-0.15, -0.1) is 0 Å². The monoisotopic (exact) mass is 300 g/mol. The molecular weight excluding hydrogens is 288 g/mol. The molecule has 1 saturated carbocycles. The number of unbranched alkanes of at least 4 members (excludes halogenated alkanes) is 2. The molecule has 1 aliphatic carbocycles. The molecule has 114 valence electrons. The molecule has 0 aromatic rings. The maximum Gasteiger partial charge on any atom is 0.381 e. The van der Waals surface area contributed by atoms with Crippen LogP contribution in [0.3, 0.4) is 0 Å². The van der Waals surface area contributed by atoms with Crippen molar-refractivity contribution in [2.45, 2.75) is 56.0 Å². The van der Waals surface area contributed by atoms with E-state index in [0.29, 0.717) is 12.8 Å². The molecular formula is C10H12F8O. The minimum absolute atomic E-state index is 0.0396. The van der Waals surface area contributed by atoms with Crippen molar-refractivity contribution in [3.8, 4) is 0 Å². The smallest absolute Gasteiger partial charge is 0.339 e. The van der Waals surface area contributed by atoms with Gasteiger partial charge in [0.1, 0.15) is 0 Å². The third-order valence-electron chi connectivity index (χ3n) is 2.95. The summed E-state index contributed by atoms with van der Waals surface area (Å²) in [7, 11) is 0. The van der Waals surface area contributed by atoms with Crippen LogP contribution in [0.2, 0.25) is 0 Å². The molecule has 0 radical (unpaired) electrons. The first-order chi connectivity index (χ1) is 8.47. The highest BCUT2D eigenvalue weighted by atomic mass is 19.4. The van der Waals surface area contributed by atoms with Crippen LogP contribution in [0.5, 0.6) is 0 Å². The first-order valence-electron chi connectivity index (χ1n) is 5.57. The Kier molecular flexibility index (Phi) is 4.11. The standard InChI is InChI=1S/C10H12F8O/c1-2-3-4-5-19-8(14)6(11)7(12,13)9(15,16)10(8,17)18/h6H,2-5H2,1H3. The van der Waals surface area contributed by atoms with Crippen LogP contribution in [-0.2, 0) is 4.74 Å². The number of hydrogen-bond acceptors (Lipinski definition) is 1. The Hall–Kier alpha value is -0.600. The Morgan fingerprint density at radius 3 is 1.79 bits per heavy atom. The lowest BCUT2D eigenvalue weighted by Crippen LogP contribution is -2.54. The summed E-state index contributed by atoms with van der Waals surface area (Å²) in [6.45, 7) is 0.835.